The van der Waals surface area contributed by atoms with Gasteiger partial charge in [0.15, 0.2) is 0 Å². The van der Waals surface area contributed by atoms with E-state index in [4.69, 9.17) is 18.4 Å². The van der Waals surface area contributed by atoms with E-state index in [1.807, 2.05) is 0 Å². The third-order valence-electron chi connectivity index (χ3n) is 2.73. The van der Waals surface area contributed by atoms with Crippen LogP contribution in [0, 0.1) is 0 Å². The van der Waals surface area contributed by atoms with Gasteiger partial charge in [0.1, 0.15) is 5.75 Å². The largest absolute Gasteiger partial charge is 0.508 e. The number of carbonyl (C=O) groups is 2. The standard InChI is InChI=1S/C8H10AsNO5.C7H6O3/c1-5(11)10-8-6(9(13,14)15)3-2-4-7(8)12;8-6-3-1-2-5(4-6)7(9)10/h2-4,12H,1H3,(H,10,11)(H2,13,14,15);1-4,8H,(H,9,10). The number of para-hydroxylation sites is 1. The molecule has 0 heterocycles. The molecule has 0 radical (unpaired) electrons. The van der Waals surface area contributed by atoms with E-state index in [0.29, 0.717) is 0 Å². The number of rotatable bonds is 3. The number of carboxylic acids is 1. The number of hydrogen-bond donors (Lipinski definition) is 6. The Hall–Kier alpha value is -2.74. The summed E-state index contributed by atoms with van der Waals surface area (Å²) in [4.78, 5) is 21.0. The summed E-state index contributed by atoms with van der Waals surface area (Å²) in [5.74, 6) is -1.94. The number of aromatic carboxylic acids is 1. The first kappa shape index (κ1) is 20.3. The molecule has 0 bridgehead atoms. The SMILES string of the molecule is CC(=O)Nc1c(O)cccc1[As](=O)(O)O.O=C(O)c1cccc(O)c1. The topological polar surface area (TPSA) is 164 Å². The number of benzene rings is 2. The molecule has 0 fully saturated rings. The molecule has 25 heavy (non-hydrogen) atoms. The van der Waals surface area contributed by atoms with E-state index in [2.05, 4.69) is 5.32 Å². The molecule has 0 saturated heterocycles. The summed E-state index contributed by atoms with van der Waals surface area (Å²) in [6.45, 7) is 1.18. The number of aromatic hydroxyl groups is 2. The molecule has 0 aliphatic carbocycles. The Morgan fingerprint density at radius 2 is 1.64 bits per heavy atom. The van der Waals surface area contributed by atoms with E-state index in [0.717, 1.165) is 0 Å². The third kappa shape index (κ3) is 6.34. The maximum absolute atomic E-state index is 11.1. The third-order valence-corrected chi connectivity index (χ3v) is 4.83. The van der Waals surface area contributed by atoms with Gasteiger partial charge < -0.3 is 10.2 Å². The zero-order valence-corrected chi connectivity index (χ0v) is 14.8. The van der Waals surface area contributed by atoms with E-state index in [1.54, 1.807) is 0 Å². The van der Waals surface area contributed by atoms with Crippen LogP contribution in [0.2, 0.25) is 0 Å². The van der Waals surface area contributed by atoms with Crippen molar-refractivity contribution in [1.29, 1.82) is 0 Å². The van der Waals surface area contributed by atoms with Crippen LogP contribution in [-0.2, 0) is 8.53 Å². The summed E-state index contributed by atoms with van der Waals surface area (Å²) in [5.41, 5.74) is -0.127. The second-order valence-corrected chi connectivity index (χ2v) is 8.05. The summed E-state index contributed by atoms with van der Waals surface area (Å²) in [6.07, 6.45) is 0. The fourth-order valence-electron chi connectivity index (χ4n) is 1.71. The molecular weight excluding hydrogens is 397 g/mol. The van der Waals surface area contributed by atoms with Gasteiger partial charge in [-0.3, -0.25) is 0 Å². The van der Waals surface area contributed by atoms with Crippen molar-refractivity contribution in [2.24, 2.45) is 0 Å². The van der Waals surface area contributed by atoms with E-state index in [9.17, 15) is 18.4 Å². The molecule has 1 amide bonds. The van der Waals surface area contributed by atoms with Crippen molar-refractivity contribution in [2.75, 3.05) is 5.32 Å². The summed E-state index contributed by atoms with van der Waals surface area (Å²) < 4.78 is 28.8. The second-order valence-electron chi connectivity index (χ2n) is 4.75. The molecule has 0 unspecified atom stereocenters. The summed E-state index contributed by atoms with van der Waals surface area (Å²) >= 11 is -5.14. The monoisotopic (exact) mass is 413 g/mol. The smallest absolute Gasteiger partial charge is 0.335 e. The Kier molecular flexibility index (Phi) is 6.81. The Balaban J connectivity index is 0.000000271. The van der Waals surface area contributed by atoms with E-state index in [1.165, 1.54) is 49.4 Å². The number of anilines is 1. The van der Waals surface area contributed by atoms with Gasteiger partial charge >= 0.3 is 94.1 Å². The summed E-state index contributed by atoms with van der Waals surface area (Å²) in [6, 6.07) is 9.23. The van der Waals surface area contributed by atoms with Crippen molar-refractivity contribution in [3.63, 3.8) is 0 Å². The summed E-state index contributed by atoms with van der Waals surface area (Å²) in [7, 11) is 0. The van der Waals surface area contributed by atoms with E-state index >= 15 is 0 Å². The Bertz CT molecular complexity index is 830. The van der Waals surface area contributed by atoms with Crippen LogP contribution in [0.1, 0.15) is 17.3 Å². The molecule has 0 aliphatic rings. The average molecular weight is 413 g/mol. The first-order valence-corrected chi connectivity index (χ1v) is 10.1. The minimum atomic E-state index is -5.14. The molecule has 0 saturated carbocycles. The minimum Gasteiger partial charge on any atom is -0.508 e. The van der Waals surface area contributed by atoms with E-state index < -0.39 is 26.0 Å². The number of phenolic OH excluding ortho intramolecular Hbond substituents is 2. The first-order chi connectivity index (χ1) is 11.5. The fraction of sp³-hybridized carbons (Fsp3) is 0.0667. The predicted octanol–water partition coefficient (Wildman–Crippen LogP) is 0.00200. The molecule has 2 aromatic carbocycles. The molecule has 2 aromatic rings. The molecule has 10 heteroatoms. The number of amides is 1. The van der Waals surface area contributed by atoms with Crippen LogP contribution in [0.25, 0.3) is 0 Å². The number of hydrogen-bond acceptors (Lipinski definition) is 5. The molecule has 0 aliphatic heterocycles. The molecule has 0 atom stereocenters. The van der Waals surface area contributed by atoms with Crippen LogP contribution in [-0.4, -0.2) is 49.6 Å². The maximum atomic E-state index is 11.1. The van der Waals surface area contributed by atoms with Gasteiger partial charge in [-0.15, -0.1) is 0 Å². The molecule has 9 nitrogen and oxygen atoms in total. The fourth-order valence-corrected chi connectivity index (χ4v) is 3.27. The van der Waals surface area contributed by atoms with Crippen LogP contribution in [0.3, 0.4) is 0 Å². The number of phenols is 2. The molecular formula is C15H16AsNO8. The van der Waals surface area contributed by atoms with Crippen molar-refractivity contribution >= 4 is 36.1 Å². The van der Waals surface area contributed by atoms with Crippen LogP contribution in [0.5, 0.6) is 11.5 Å². The van der Waals surface area contributed by atoms with Crippen molar-refractivity contribution in [2.45, 2.75) is 6.92 Å². The van der Waals surface area contributed by atoms with Gasteiger partial charge in [0.05, 0.1) is 5.56 Å². The van der Waals surface area contributed by atoms with Gasteiger partial charge in [0.2, 0.25) is 0 Å². The van der Waals surface area contributed by atoms with Gasteiger partial charge in [0.25, 0.3) is 0 Å². The predicted molar refractivity (Wildman–Crippen MR) is 88.0 cm³/mol. The molecule has 134 valence electrons. The van der Waals surface area contributed by atoms with Crippen molar-refractivity contribution in [3.05, 3.63) is 48.0 Å². The van der Waals surface area contributed by atoms with Crippen molar-refractivity contribution < 1.29 is 36.8 Å². The normalized spacial score (nSPS) is 10.4. The average Bonchev–Trinajstić information content (AvgIpc) is 2.48. The maximum Gasteiger partial charge on any atom is 0.335 e. The van der Waals surface area contributed by atoms with Crippen LogP contribution in [0.4, 0.5) is 5.69 Å². The number of nitrogens with one attached hydrogen (secondary N) is 1. The number of carboxylic acid groups (broad SMARTS) is 1. The van der Waals surface area contributed by atoms with Crippen molar-refractivity contribution in [3.8, 4) is 11.5 Å². The van der Waals surface area contributed by atoms with Gasteiger partial charge in [-0.2, -0.15) is 0 Å². The molecule has 2 rings (SSSR count). The number of carbonyl (C=O) groups excluding carboxylic acids is 1. The zero-order valence-electron chi connectivity index (χ0n) is 12.9. The molecule has 0 spiro atoms. The second kappa shape index (κ2) is 8.38. The molecule has 6 N–H and O–H groups in total. The Morgan fingerprint density at radius 3 is 2.08 bits per heavy atom. The van der Waals surface area contributed by atoms with Crippen molar-refractivity contribution in [1.82, 2.24) is 0 Å². The van der Waals surface area contributed by atoms with Gasteiger partial charge in [0, 0.05) is 0 Å². The first-order valence-electron chi connectivity index (χ1n) is 6.70. The van der Waals surface area contributed by atoms with Gasteiger partial charge in [-0.1, -0.05) is 6.07 Å². The summed E-state index contributed by atoms with van der Waals surface area (Å²) in [5, 5.41) is 28.7. The van der Waals surface area contributed by atoms with Crippen LogP contribution < -0.4 is 9.67 Å². The zero-order chi connectivity index (χ0) is 19.2. The Morgan fingerprint density at radius 1 is 1.04 bits per heavy atom. The van der Waals surface area contributed by atoms with Gasteiger partial charge in [-0.25, -0.2) is 4.79 Å². The van der Waals surface area contributed by atoms with Crippen LogP contribution in [0.15, 0.2) is 42.5 Å². The van der Waals surface area contributed by atoms with E-state index in [-0.39, 0.29) is 27.1 Å². The Labute approximate surface area is 145 Å². The molecule has 0 aromatic heterocycles. The minimum absolute atomic E-state index is 0.0279. The quantitative estimate of drug-likeness (QED) is 0.302. The van der Waals surface area contributed by atoms with Gasteiger partial charge in [-0.05, 0) is 18.2 Å². The van der Waals surface area contributed by atoms with Crippen LogP contribution >= 0.6 is 0 Å².